The highest BCUT2D eigenvalue weighted by Crippen LogP contribution is 2.25. The number of fused-ring (bicyclic) bond motifs is 1. The van der Waals surface area contributed by atoms with Gasteiger partial charge in [0.15, 0.2) is 0 Å². The molecule has 36 heavy (non-hydrogen) atoms. The first-order valence-electron chi connectivity index (χ1n) is 12.0. The summed E-state index contributed by atoms with van der Waals surface area (Å²) in [6.45, 7) is 2.88. The average Bonchev–Trinajstić information content (AvgIpc) is 3.11. The normalized spacial score (nSPS) is 13.8. The van der Waals surface area contributed by atoms with E-state index in [-0.39, 0.29) is 17.9 Å². The minimum Gasteiger partial charge on any atom is -0.488 e. The van der Waals surface area contributed by atoms with Crippen LogP contribution in [0.5, 0.6) is 5.75 Å². The zero-order valence-electron chi connectivity index (χ0n) is 21.0. The first-order chi connectivity index (χ1) is 17.5. The molecule has 8 heteroatoms. The van der Waals surface area contributed by atoms with Gasteiger partial charge in [-0.1, -0.05) is 24.3 Å². The van der Waals surface area contributed by atoms with Crippen molar-refractivity contribution in [3.63, 3.8) is 0 Å². The van der Waals surface area contributed by atoms with Crippen LogP contribution in [0.25, 0.3) is 6.08 Å². The third kappa shape index (κ3) is 6.01. The van der Waals surface area contributed by atoms with Gasteiger partial charge in [-0.25, -0.2) is 4.79 Å². The van der Waals surface area contributed by atoms with Gasteiger partial charge >= 0.3 is 5.97 Å². The van der Waals surface area contributed by atoms with Crippen molar-refractivity contribution in [2.75, 3.05) is 45.7 Å². The molecule has 0 spiro atoms. The van der Waals surface area contributed by atoms with Crippen LogP contribution in [0.2, 0.25) is 0 Å². The second-order valence-corrected chi connectivity index (χ2v) is 8.89. The van der Waals surface area contributed by atoms with Gasteiger partial charge in [0, 0.05) is 76.5 Å². The topological polar surface area (TPSA) is 76.9 Å². The van der Waals surface area contributed by atoms with Gasteiger partial charge in [0.2, 0.25) is 0 Å². The third-order valence-corrected chi connectivity index (χ3v) is 6.30. The standard InChI is InChI=1S/C28H32N4O4/c1-30(2)23-8-6-21(7-9-23)5-4-15-31-16-12-24-27(28(34)35-3)25(19-26(33)32(24)18-17-31)36-20-22-10-13-29-14-11-22/h4-11,13-14,19H,12,15-18,20H2,1-3H3/b5-4+. The number of hydrogen-bond acceptors (Lipinski definition) is 7. The quantitative estimate of drug-likeness (QED) is 0.451. The minimum absolute atomic E-state index is 0.180. The lowest BCUT2D eigenvalue weighted by atomic mass is 10.1. The largest absolute Gasteiger partial charge is 0.488 e. The average molecular weight is 489 g/mol. The van der Waals surface area contributed by atoms with E-state index in [1.165, 1.54) is 13.2 Å². The summed E-state index contributed by atoms with van der Waals surface area (Å²) in [6, 6.07) is 13.4. The number of methoxy groups -OCH3 is 1. The lowest BCUT2D eigenvalue weighted by molar-refractivity contribution is 0.0592. The maximum atomic E-state index is 13.0. The van der Waals surface area contributed by atoms with E-state index in [0.29, 0.717) is 37.3 Å². The van der Waals surface area contributed by atoms with Crippen LogP contribution in [-0.2, 0) is 24.3 Å². The summed E-state index contributed by atoms with van der Waals surface area (Å²) in [4.78, 5) is 34.1. The fourth-order valence-corrected chi connectivity index (χ4v) is 4.27. The van der Waals surface area contributed by atoms with Gasteiger partial charge in [-0.2, -0.15) is 0 Å². The molecule has 0 N–H and O–H groups in total. The van der Waals surface area contributed by atoms with Crippen molar-refractivity contribution < 1.29 is 14.3 Å². The summed E-state index contributed by atoms with van der Waals surface area (Å²) in [5.41, 5.74) is 3.99. The van der Waals surface area contributed by atoms with Crippen molar-refractivity contribution in [2.24, 2.45) is 0 Å². The highest BCUT2D eigenvalue weighted by Gasteiger charge is 2.26. The number of hydrogen-bond donors (Lipinski definition) is 0. The number of nitrogens with zero attached hydrogens (tertiary/aromatic N) is 4. The summed E-state index contributed by atoms with van der Waals surface area (Å²) >= 11 is 0. The van der Waals surface area contributed by atoms with Gasteiger partial charge in [-0.3, -0.25) is 14.7 Å². The van der Waals surface area contributed by atoms with Crippen molar-refractivity contribution in [1.29, 1.82) is 0 Å². The second-order valence-electron chi connectivity index (χ2n) is 8.89. The van der Waals surface area contributed by atoms with Gasteiger partial charge in [-0.15, -0.1) is 0 Å². The summed E-state index contributed by atoms with van der Waals surface area (Å²) < 4.78 is 12.7. The molecule has 0 saturated carbocycles. The van der Waals surface area contributed by atoms with E-state index >= 15 is 0 Å². The molecule has 0 saturated heterocycles. The Morgan fingerprint density at radius 3 is 2.53 bits per heavy atom. The Bertz CT molecular complexity index is 1270. The predicted molar refractivity (Wildman–Crippen MR) is 141 cm³/mol. The molecule has 0 bridgehead atoms. The Labute approximate surface area is 211 Å². The lowest BCUT2D eigenvalue weighted by Gasteiger charge is -2.17. The van der Waals surface area contributed by atoms with Crippen molar-refractivity contribution in [1.82, 2.24) is 14.5 Å². The number of rotatable bonds is 8. The van der Waals surface area contributed by atoms with Crippen LogP contribution in [-0.4, -0.2) is 61.3 Å². The van der Waals surface area contributed by atoms with E-state index in [4.69, 9.17) is 9.47 Å². The number of carbonyl (C=O) groups excluding carboxylic acids is 1. The Hall–Kier alpha value is -3.91. The molecule has 0 atom stereocenters. The number of carbonyl (C=O) groups is 1. The van der Waals surface area contributed by atoms with Gasteiger partial charge in [0.25, 0.3) is 5.56 Å². The molecule has 4 rings (SSSR count). The highest BCUT2D eigenvalue weighted by molar-refractivity contribution is 5.93. The summed E-state index contributed by atoms with van der Waals surface area (Å²) in [5.74, 6) is -0.248. The summed E-state index contributed by atoms with van der Waals surface area (Å²) in [6.07, 6.45) is 8.13. The summed E-state index contributed by atoms with van der Waals surface area (Å²) in [7, 11) is 5.39. The molecular weight excluding hydrogens is 456 g/mol. The monoisotopic (exact) mass is 488 g/mol. The lowest BCUT2D eigenvalue weighted by Crippen LogP contribution is -2.29. The molecule has 0 aliphatic carbocycles. The zero-order chi connectivity index (χ0) is 25.5. The Morgan fingerprint density at radius 2 is 1.83 bits per heavy atom. The molecule has 188 valence electrons. The van der Waals surface area contributed by atoms with E-state index in [0.717, 1.165) is 23.4 Å². The summed E-state index contributed by atoms with van der Waals surface area (Å²) in [5, 5.41) is 0. The van der Waals surface area contributed by atoms with Gasteiger partial charge in [0.05, 0.1) is 7.11 Å². The molecule has 3 aromatic rings. The molecular formula is C28H32N4O4. The third-order valence-electron chi connectivity index (χ3n) is 6.30. The first-order valence-corrected chi connectivity index (χ1v) is 12.0. The molecule has 1 aliphatic heterocycles. The molecule has 0 radical (unpaired) electrons. The number of esters is 1. The number of ether oxygens (including phenoxy) is 2. The molecule has 1 aromatic carbocycles. The van der Waals surface area contributed by atoms with Crippen LogP contribution >= 0.6 is 0 Å². The molecule has 0 unspecified atom stereocenters. The molecule has 1 aliphatic rings. The van der Waals surface area contributed by atoms with E-state index in [2.05, 4.69) is 51.2 Å². The number of anilines is 1. The van der Waals surface area contributed by atoms with Gasteiger partial charge in [-0.05, 0) is 35.4 Å². The zero-order valence-corrected chi connectivity index (χ0v) is 21.0. The Morgan fingerprint density at radius 1 is 1.08 bits per heavy atom. The van der Waals surface area contributed by atoms with Crippen LogP contribution in [0.15, 0.2) is 65.7 Å². The minimum atomic E-state index is -0.502. The maximum Gasteiger partial charge on any atom is 0.343 e. The van der Waals surface area contributed by atoms with Crippen molar-refractivity contribution in [3.05, 3.63) is 93.7 Å². The van der Waals surface area contributed by atoms with Gasteiger partial charge < -0.3 is 18.9 Å². The molecule has 8 nitrogen and oxygen atoms in total. The Balaban J connectivity index is 1.49. The fourth-order valence-electron chi connectivity index (χ4n) is 4.27. The first kappa shape index (κ1) is 25.2. The van der Waals surface area contributed by atoms with E-state index < -0.39 is 5.97 Å². The maximum absolute atomic E-state index is 13.0. The molecule has 3 heterocycles. The van der Waals surface area contributed by atoms with Crippen LogP contribution in [0.1, 0.15) is 27.2 Å². The van der Waals surface area contributed by atoms with Crippen molar-refractivity contribution >= 4 is 17.7 Å². The van der Waals surface area contributed by atoms with Crippen molar-refractivity contribution in [2.45, 2.75) is 19.6 Å². The Kier molecular flexibility index (Phi) is 8.17. The smallest absolute Gasteiger partial charge is 0.343 e. The molecule has 0 fully saturated rings. The predicted octanol–water partition coefficient (Wildman–Crippen LogP) is 3.25. The van der Waals surface area contributed by atoms with Gasteiger partial charge in [0.1, 0.15) is 17.9 Å². The van der Waals surface area contributed by atoms with Crippen LogP contribution in [0.4, 0.5) is 5.69 Å². The molecule has 2 aromatic heterocycles. The number of benzene rings is 1. The fraction of sp³-hybridized carbons (Fsp3) is 0.321. The van der Waals surface area contributed by atoms with Crippen LogP contribution in [0.3, 0.4) is 0 Å². The SMILES string of the molecule is COC(=O)c1c(OCc2ccncc2)cc(=O)n2c1CCN(C/C=C/c1ccc(N(C)C)cc1)CC2. The van der Waals surface area contributed by atoms with E-state index in [9.17, 15) is 9.59 Å². The molecule has 0 amide bonds. The van der Waals surface area contributed by atoms with E-state index in [1.54, 1.807) is 17.0 Å². The van der Waals surface area contributed by atoms with E-state index in [1.807, 2.05) is 26.2 Å². The number of pyridine rings is 2. The van der Waals surface area contributed by atoms with Crippen LogP contribution < -0.4 is 15.2 Å². The number of aromatic nitrogens is 2. The van der Waals surface area contributed by atoms with Crippen molar-refractivity contribution in [3.8, 4) is 5.75 Å². The second kappa shape index (κ2) is 11.7. The van der Waals surface area contributed by atoms with Crippen LogP contribution in [0, 0.1) is 0 Å². The highest BCUT2D eigenvalue weighted by atomic mass is 16.5.